The second-order valence-electron chi connectivity index (χ2n) is 10.8. The number of carbonyl (C=O) groups is 1. The van der Waals surface area contributed by atoms with Gasteiger partial charge in [0.15, 0.2) is 0 Å². The van der Waals surface area contributed by atoms with Crippen molar-refractivity contribution in [2.24, 2.45) is 0 Å². The van der Waals surface area contributed by atoms with Gasteiger partial charge >= 0.3 is 0 Å². The third-order valence-corrected chi connectivity index (χ3v) is 7.63. The number of carbonyl (C=O) groups excluding carboxylic acids is 1. The number of hydrogen-bond donors (Lipinski definition) is 1. The van der Waals surface area contributed by atoms with Gasteiger partial charge in [-0.1, -0.05) is 72.4 Å². The Bertz CT molecular complexity index is 1010. The molecule has 0 spiro atoms. The highest BCUT2D eigenvalue weighted by atomic mass is 16.1. The Morgan fingerprint density at radius 2 is 1.45 bits per heavy atom. The van der Waals surface area contributed by atoms with E-state index in [9.17, 15) is 4.79 Å². The second-order valence-corrected chi connectivity index (χ2v) is 10.8. The van der Waals surface area contributed by atoms with Gasteiger partial charge in [0.05, 0.1) is 0 Å². The highest BCUT2D eigenvalue weighted by molar-refractivity contribution is 5.94. The van der Waals surface area contributed by atoms with E-state index in [0.29, 0.717) is 12.1 Å². The molecule has 33 heavy (non-hydrogen) atoms. The fourth-order valence-corrected chi connectivity index (χ4v) is 4.99. The summed E-state index contributed by atoms with van der Waals surface area (Å²) in [7, 11) is 0. The molecule has 0 heterocycles. The van der Waals surface area contributed by atoms with E-state index in [0.717, 1.165) is 30.8 Å². The van der Waals surface area contributed by atoms with Crippen LogP contribution in [0.5, 0.6) is 0 Å². The lowest BCUT2D eigenvalue weighted by atomic mass is 9.62. The van der Waals surface area contributed by atoms with Crippen LogP contribution >= 0.6 is 0 Å². The number of nitrogens with zero attached hydrogens (tertiary/aromatic N) is 1. The van der Waals surface area contributed by atoms with Crippen molar-refractivity contribution in [3.8, 4) is 0 Å². The van der Waals surface area contributed by atoms with E-state index in [1.165, 1.54) is 35.1 Å². The Kier molecular flexibility index (Phi) is 7.53. The molecule has 0 saturated heterocycles. The Labute approximate surface area is 201 Å². The van der Waals surface area contributed by atoms with Crippen molar-refractivity contribution in [2.45, 2.75) is 72.1 Å². The first-order valence-corrected chi connectivity index (χ1v) is 12.5. The monoisotopic (exact) mass is 446 g/mol. The maximum Gasteiger partial charge on any atom is 0.251 e. The second kappa shape index (κ2) is 9.85. The summed E-state index contributed by atoms with van der Waals surface area (Å²) in [5, 5.41) is 3.04. The Hall–Kier alpha value is -2.39. The van der Waals surface area contributed by atoms with Crippen molar-refractivity contribution >= 4 is 11.5 Å². The quantitative estimate of drug-likeness (QED) is 0.503. The summed E-state index contributed by atoms with van der Waals surface area (Å²) >= 11 is 0. The molecule has 3 nitrogen and oxygen atoms in total. The first kappa shape index (κ1) is 25.2. The third kappa shape index (κ3) is 5.41. The predicted molar refractivity (Wildman–Crippen MR) is 141 cm³/mol. The molecule has 1 aliphatic carbocycles. The molecule has 0 atom stereocenters. The van der Waals surface area contributed by atoms with Crippen LogP contribution < -0.4 is 5.32 Å². The van der Waals surface area contributed by atoms with Gasteiger partial charge in [-0.2, -0.15) is 0 Å². The molecule has 0 radical (unpaired) electrons. The average Bonchev–Trinajstić information content (AvgIpc) is 2.79. The van der Waals surface area contributed by atoms with Crippen molar-refractivity contribution in [3.63, 3.8) is 0 Å². The van der Waals surface area contributed by atoms with Crippen LogP contribution in [0.1, 0.15) is 92.6 Å². The summed E-state index contributed by atoms with van der Waals surface area (Å²) in [6.07, 6.45) is 2.41. The lowest BCUT2D eigenvalue weighted by Gasteiger charge is -2.42. The molecule has 0 saturated carbocycles. The van der Waals surface area contributed by atoms with E-state index in [1.807, 2.05) is 24.3 Å². The van der Waals surface area contributed by atoms with Gasteiger partial charge in [-0.05, 0) is 89.2 Å². The largest absolute Gasteiger partial charge is 0.351 e. The standard InChI is InChI=1S/C30H42N2O/c1-9-32(10-2)18-17-31-28(33)24-13-11-23(12-14-24)22(4)25-20-27-26(19-21(25)3)29(5,6)15-16-30(27,7)8/h11-14,19-20H,4,9-10,15-18H2,1-3,5-8H3,(H,31,33). The van der Waals surface area contributed by atoms with Crippen LogP contribution in [-0.2, 0) is 10.8 Å². The number of hydrogen-bond acceptors (Lipinski definition) is 2. The molecule has 178 valence electrons. The van der Waals surface area contributed by atoms with Gasteiger partial charge in [-0.3, -0.25) is 4.79 Å². The van der Waals surface area contributed by atoms with E-state index < -0.39 is 0 Å². The number of benzene rings is 2. The van der Waals surface area contributed by atoms with Crippen molar-refractivity contribution in [2.75, 3.05) is 26.2 Å². The molecule has 2 aromatic rings. The maximum atomic E-state index is 12.5. The fourth-order valence-electron chi connectivity index (χ4n) is 4.99. The normalized spacial score (nSPS) is 16.4. The number of rotatable bonds is 8. The zero-order valence-corrected chi connectivity index (χ0v) is 21.8. The molecule has 0 bridgehead atoms. The van der Waals surface area contributed by atoms with Crippen molar-refractivity contribution in [3.05, 3.63) is 76.4 Å². The summed E-state index contributed by atoms with van der Waals surface area (Å²) in [5.74, 6) is -0.0201. The van der Waals surface area contributed by atoms with Gasteiger partial charge in [-0.15, -0.1) is 0 Å². The molecule has 1 amide bonds. The smallest absolute Gasteiger partial charge is 0.251 e. The summed E-state index contributed by atoms with van der Waals surface area (Å²) in [4.78, 5) is 14.9. The first-order valence-electron chi connectivity index (χ1n) is 12.5. The number of nitrogens with one attached hydrogen (secondary N) is 1. The minimum absolute atomic E-state index is 0.0201. The maximum absolute atomic E-state index is 12.5. The Morgan fingerprint density at radius 3 is 2.00 bits per heavy atom. The van der Waals surface area contributed by atoms with Crippen molar-refractivity contribution in [1.82, 2.24) is 10.2 Å². The topological polar surface area (TPSA) is 32.3 Å². The van der Waals surface area contributed by atoms with Gasteiger partial charge in [0.2, 0.25) is 0 Å². The minimum Gasteiger partial charge on any atom is -0.351 e. The zero-order chi connectivity index (χ0) is 24.4. The van der Waals surface area contributed by atoms with Gasteiger partial charge in [0.25, 0.3) is 5.91 Å². The molecule has 0 aliphatic heterocycles. The van der Waals surface area contributed by atoms with Crippen LogP contribution in [0.4, 0.5) is 0 Å². The van der Waals surface area contributed by atoms with Crippen LogP contribution in [0.3, 0.4) is 0 Å². The van der Waals surface area contributed by atoms with Crippen molar-refractivity contribution < 1.29 is 4.79 Å². The Balaban J connectivity index is 1.79. The molecule has 0 aromatic heterocycles. The predicted octanol–water partition coefficient (Wildman–Crippen LogP) is 6.48. The van der Waals surface area contributed by atoms with Crippen LogP contribution in [-0.4, -0.2) is 37.0 Å². The van der Waals surface area contributed by atoms with E-state index in [4.69, 9.17) is 0 Å². The van der Waals surface area contributed by atoms with E-state index in [2.05, 4.69) is 77.4 Å². The first-order chi connectivity index (χ1) is 15.5. The van der Waals surface area contributed by atoms with Gasteiger partial charge in [0.1, 0.15) is 0 Å². The Morgan fingerprint density at radius 1 is 0.939 bits per heavy atom. The third-order valence-electron chi connectivity index (χ3n) is 7.63. The number of likely N-dealkylation sites (N-methyl/N-ethyl adjacent to an activating group) is 1. The van der Waals surface area contributed by atoms with E-state index in [1.54, 1.807) is 0 Å². The van der Waals surface area contributed by atoms with Crippen LogP contribution in [0, 0.1) is 6.92 Å². The summed E-state index contributed by atoms with van der Waals surface area (Å²) in [6, 6.07) is 12.6. The highest BCUT2D eigenvalue weighted by Gasteiger charge is 2.37. The molecule has 0 unspecified atom stereocenters. The SMILES string of the molecule is C=C(c1ccc(C(=O)NCCN(CC)CC)cc1)c1cc2c(cc1C)C(C)(C)CCC2(C)C. The molecule has 3 rings (SSSR count). The number of amides is 1. The van der Waals surface area contributed by atoms with Crippen LogP contribution in [0.2, 0.25) is 0 Å². The van der Waals surface area contributed by atoms with E-state index in [-0.39, 0.29) is 16.7 Å². The molecule has 1 aliphatic rings. The number of aryl methyl sites for hydroxylation is 1. The molecule has 2 aromatic carbocycles. The lowest BCUT2D eigenvalue weighted by Crippen LogP contribution is -2.34. The van der Waals surface area contributed by atoms with Crippen LogP contribution in [0.25, 0.3) is 5.57 Å². The average molecular weight is 447 g/mol. The number of fused-ring (bicyclic) bond motifs is 1. The summed E-state index contributed by atoms with van der Waals surface area (Å²) in [6.45, 7) is 23.9. The van der Waals surface area contributed by atoms with Gasteiger partial charge in [-0.25, -0.2) is 0 Å². The summed E-state index contributed by atoms with van der Waals surface area (Å²) in [5.41, 5.74) is 8.54. The summed E-state index contributed by atoms with van der Waals surface area (Å²) < 4.78 is 0. The molecule has 3 heteroatoms. The van der Waals surface area contributed by atoms with Gasteiger partial charge < -0.3 is 10.2 Å². The lowest BCUT2D eigenvalue weighted by molar-refractivity contribution is 0.0949. The minimum atomic E-state index is -0.0201. The van der Waals surface area contributed by atoms with E-state index >= 15 is 0 Å². The fraction of sp³-hybridized carbons (Fsp3) is 0.500. The molecule has 1 N–H and O–H groups in total. The zero-order valence-electron chi connectivity index (χ0n) is 21.8. The molecular weight excluding hydrogens is 404 g/mol. The molecule has 0 fully saturated rings. The van der Waals surface area contributed by atoms with Gasteiger partial charge in [0, 0.05) is 18.7 Å². The van der Waals surface area contributed by atoms with Crippen molar-refractivity contribution in [1.29, 1.82) is 0 Å². The molecular formula is C30H42N2O. The van der Waals surface area contributed by atoms with Crippen LogP contribution in [0.15, 0.2) is 43.0 Å². The highest BCUT2D eigenvalue weighted by Crippen LogP contribution is 2.47.